The van der Waals surface area contributed by atoms with Gasteiger partial charge in [-0.15, -0.1) is 0 Å². The van der Waals surface area contributed by atoms with Gasteiger partial charge in [0, 0.05) is 23.2 Å². The van der Waals surface area contributed by atoms with Crippen molar-refractivity contribution in [3.8, 4) is 0 Å². The van der Waals surface area contributed by atoms with Crippen LogP contribution in [0.3, 0.4) is 0 Å². The van der Waals surface area contributed by atoms with Gasteiger partial charge in [0.05, 0.1) is 9.82 Å². The minimum atomic E-state index is -3.79. The van der Waals surface area contributed by atoms with Gasteiger partial charge in [0.25, 0.3) is 5.69 Å². The maximum absolute atomic E-state index is 12.2. The summed E-state index contributed by atoms with van der Waals surface area (Å²) in [4.78, 5) is 10.2. The fraction of sp³-hybridized carbons (Fsp3) is 0.200. The molecule has 8 heteroatoms. The molecule has 0 spiro atoms. The Morgan fingerprint density at radius 1 is 1.17 bits per heavy atom. The van der Waals surface area contributed by atoms with E-state index >= 15 is 0 Å². The van der Waals surface area contributed by atoms with E-state index in [0.29, 0.717) is 17.0 Å². The van der Waals surface area contributed by atoms with Gasteiger partial charge in [0.15, 0.2) is 0 Å². The van der Waals surface area contributed by atoms with Gasteiger partial charge in [-0.3, -0.25) is 10.1 Å². The third-order valence-corrected chi connectivity index (χ3v) is 5.02. The molecule has 0 radical (unpaired) electrons. The SMILES string of the molecule is Cc1ccc(S(=O)(=O)NCCc2ccc(Cl)cc2)cc1[N+](=O)[O-]. The van der Waals surface area contributed by atoms with Crippen molar-refractivity contribution in [2.24, 2.45) is 0 Å². The molecule has 2 aromatic carbocycles. The molecule has 2 aromatic rings. The second-order valence-electron chi connectivity index (χ2n) is 4.98. The van der Waals surface area contributed by atoms with Crippen LogP contribution in [0.2, 0.25) is 5.02 Å². The second kappa shape index (κ2) is 7.08. The van der Waals surface area contributed by atoms with Crippen molar-refractivity contribution in [1.29, 1.82) is 0 Å². The van der Waals surface area contributed by atoms with E-state index in [1.54, 1.807) is 19.1 Å². The van der Waals surface area contributed by atoms with Crippen LogP contribution in [0.15, 0.2) is 47.4 Å². The number of rotatable bonds is 6. The summed E-state index contributed by atoms with van der Waals surface area (Å²) in [5.74, 6) is 0. The number of sulfonamides is 1. The Bertz CT molecular complexity index is 820. The summed E-state index contributed by atoms with van der Waals surface area (Å²) >= 11 is 5.78. The third-order valence-electron chi connectivity index (χ3n) is 3.31. The minimum Gasteiger partial charge on any atom is -0.258 e. The molecule has 122 valence electrons. The van der Waals surface area contributed by atoms with E-state index in [1.807, 2.05) is 12.1 Å². The highest BCUT2D eigenvalue weighted by molar-refractivity contribution is 7.89. The Kier molecular flexibility index (Phi) is 5.35. The number of nitrogens with zero attached hydrogens (tertiary/aromatic N) is 1. The predicted octanol–water partition coefficient (Wildman–Crippen LogP) is 3.08. The fourth-order valence-corrected chi connectivity index (χ4v) is 3.19. The summed E-state index contributed by atoms with van der Waals surface area (Å²) < 4.78 is 26.9. The van der Waals surface area contributed by atoms with Gasteiger partial charge >= 0.3 is 0 Å². The van der Waals surface area contributed by atoms with E-state index < -0.39 is 14.9 Å². The monoisotopic (exact) mass is 354 g/mol. The highest BCUT2D eigenvalue weighted by Crippen LogP contribution is 2.22. The van der Waals surface area contributed by atoms with Crippen molar-refractivity contribution in [2.75, 3.05) is 6.54 Å². The van der Waals surface area contributed by atoms with Crippen LogP contribution in [0.4, 0.5) is 5.69 Å². The molecule has 0 amide bonds. The van der Waals surface area contributed by atoms with Crippen LogP contribution >= 0.6 is 11.6 Å². The number of nitro groups is 1. The predicted molar refractivity (Wildman–Crippen MR) is 88.2 cm³/mol. The normalized spacial score (nSPS) is 11.4. The topological polar surface area (TPSA) is 89.3 Å². The number of nitro benzene ring substituents is 1. The molecular formula is C15H15ClN2O4S. The smallest absolute Gasteiger partial charge is 0.258 e. The molecule has 0 saturated heterocycles. The molecule has 0 aliphatic rings. The average Bonchev–Trinajstić information content (AvgIpc) is 2.49. The van der Waals surface area contributed by atoms with Gasteiger partial charge in [-0.05, 0) is 37.1 Å². The van der Waals surface area contributed by atoms with Crippen molar-refractivity contribution in [1.82, 2.24) is 4.72 Å². The molecule has 0 atom stereocenters. The zero-order chi connectivity index (χ0) is 17.0. The largest absolute Gasteiger partial charge is 0.273 e. The van der Waals surface area contributed by atoms with E-state index in [9.17, 15) is 18.5 Å². The zero-order valence-corrected chi connectivity index (χ0v) is 13.9. The van der Waals surface area contributed by atoms with Crippen molar-refractivity contribution in [3.05, 3.63) is 68.7 Å². The maximum atomic E-state index is 12.2. The molecule has 23 heavy (non-hydrogen) atoms. The first-order valence-electron chi connectivity index (χ1n) is 6.79. The standard InChI is InChI=1S/C15H15ClN2O4S/c1-11-2-7-14(10-15(11)18(19)20)23(21,22)17-9-8-12-3-5-13(16)6-4-12/h2-7,10,17H,8-9H2,1H3. The number of hydrogen-bond donors (Lipinski definition) is 1. The lowest BCUT2D eigenvalue weighted by Gasteiger charge is -2.08. The summed E-state index contributed by atoms with van der Waals surface area (Å²) in [5, 5.41) is 11.5. The molecule has 0 aliphatic heterocycles. The Labute approximate surface area is 139 Å². The van der Waals surface area contributed by atoms with E-state index in [2.05, 4.69) is 4.72 Å². The lowest BCUT2D eigenvalue weighted by atomic mass is 10.2. The van der Waals surface area contributed by atoms with E-state index in [4.69, 9.17) is 11.6 Å². The van der Waals surface area contributed by atoms with Crippen molar-refractivity contribution < 1.29 is 13.3 Å². The molecule has 0 saturated carbocycles. The molecule has 0 aromatic heterocycles. The number of halogens is 1. The molecule has 1 N–H and O–H groups in total. The van der Waals surface area contributed by atoms with Crippen LogP contribution in [-0.2, 0) is 16.4 Å². The van der Waals surface area contributed by atoms with Gasteiger partial charge in [-0.2, -0.15) is 0 Å². The van der Waals surface area contributed by atoms with E-state index in [-0.39, 0.29) is 17.1 Å². The molecule has 6 nitrogen and oxygen atoms in total. The van der Waals surface area contributed by atoms with Crippen LogP contribution in [0, 0.1) is 17.0 Å². The van der Waals surface area contributed by atoms with Crippen LogP contribution < -0.4 is 4.72 Å². The molecular weight excluding hydrogens is 340 g/mol. The van der Waals surface area contributed by atoms with E-state index in [0.717, 1.165) is 11.6 Å². The number of aryl methyl sites for hydroxylation is 1. The summed E-state index contributed by atoms with van der Waals surface area (Å²) in [6.07, 6.45) is 0.490. The van der Waals surface area contributed by atoms with Gasteiger partial charge in [-0.1, -0.05) is 29.8 Å². The zero-order valence-electron chi connectivity index (χ0n) is 12.3. The molecule has 0 bridgehead atoms. The molecule has 0 fully saturated rings. The van der Waals surface area contributed by atoms with Gasteiger partial charge in [0.2, 0.25) is 10.0 Å². The fourth-order valence-electron chi connectivity index (χ4n) is 2.02. The third kappa shape index (κ3) is 4.51. The quantitative estimate of drug-likeness (QED) is 0.637. The van der Waals surface area contributed by atoms with E-state index in [1.165, 1.54) is 12.1 Å². The minimum absolute atomic E-state index is 0.120. The van der Waals surface area contributed by atoms with Crippen molar-refractivity contribution in [3.63, 3.8) is 0 Å². The first kappa shape index (κ1) is 17.4. The Morgan fingerprint density at radius 3 is 2.43 bits per heavy atom. The first-order chi connectivity index (χ1) is 10.8. The number of hydrogen-bond acceptors (Lipinski definition) is 4. The molecule has 0 heterocycles. The number of nitrogens with one attached hydrogen (secondary N) is 1. The van der Waals surface area contributed by atoms with Crippen molar-refractivity contribution in [2.45, 2.75) is 18.2 Å². The van der Waals surface area contributed by atoms with Gasteiger partial charge in [0.1, 0.15) is 0 Å². The maximum Gasteiger partial charge on any atom is 0.273 e. The summed E-state index contributed by atoms with van der Waals surface area (Å²) in [6.45, 7) is 1.74. The van der Waals surface area contributed by atoms with Crippen LogP contribution in [0.1, 0.15) is 11.1 Å². The van der Waals surface area contributed by atoms with Crippen LogP contribution in [0.5, 0.6) is 0 Å². The second-order valence-corrected chi connectivity index (χ2v) is 7.18. The lowest BCUT2D eigenvalue weighted by molar-refractivity contribution is -0.385. The number of benzene rings is 2. The molecule has 0 unspecified atom stereocenters. The van der Waals surface area contributed by atoms with Gasteiger partial charge < -0.3 is 0 Å². The summed E-state index contributed by atoms with van der Waals surface area (Å²) in [6, 6.07) is 10.9. The highest BCUT2D eigenvalue weighted by atomic mass is 35.5. The van der Waals surface area contributed by atoms with Crippen LogP contribution in [0.25, 0.3) is 0 Å². The molecule has 0 aliphatic carbocycles. The van der Waals surface area contributed by atoms with Crippen LogP contribution in [-0.4, -0.2) is 19.9 Å². The Morgan fingerprint density at radius 2 is 1.83 bits per heavy atom. The summed E-state index contributed by atoms with van der Waals surface area (Å²) in [5.41, 5.74) is 1.13. The first-order valence-corrected chi connectivity index (χ1v) is 8.65. The Balaban J connectivity index is 2.08. The Hall–Kier alpha value is -1.96. The lowest BCUT2D eigenvalue weighted by Crippen LogP contribution is -2.26. The summed E-state index contributed by atoms with van der Waals surface area (Å²) in [7, 11) is -3.79. The molecule has 2 rings (SSSR count). The van der Waals surface area contributed by atoms with Crippen molar-refractivity contribution >= 4 is 27.3 Å². The van der Waals surface area contributed by atoms with Gasteiger partial charge in [-0.25, -0.2) is 13.1 Å². The average molecular weight is 355 g/mol. The highest BCUT2D eigenvalue weighted by Gasteiger charge is 2.19.